The first-order valence-corrected chi connectivity index (χ1v) is 6.41. The number of aryl methyl sites for hydroxylation is 1. The molecule has 0 bridgehead atoms. The summed E-state index contributed by atoms with van der Waals surface area (Å²) in [5, 5.41) is 4.95. The highest BCUT2D eigenvalue weighted by Crippen LogP contribution is 2.33. The van der Waals surface area contributed by atoms with Crippen LogP contribution in [0.2, 0.25) is 0 Å². The highest BCUT2D eigenvalue weighted by molar-refractivity contribution is 5.87. The first-order valence-electron chi connectivity index (χ1n) is 6.41. The molecule has 1 aliphatic rings. The van der Waals surface area contributed by atoms with Gasteiger partial charge >= 0.3 is 0 Å². The molecule has 0 aliphatic carbocycles. The maximum absolute atomic E-state index is 5.32. The molecule has 3 nitrogen and oxygen atoms in total. The van der Waals surface area contributed by atoms with E-state index in [9.17, 15) is 0 Å². The Morgan fingerprint density at radius 1 is 1.33 bits per heavy atom. The van der Waals surface area contributed by atoms with Crippen molar-refractivity contribution in [3.8, 4) is 5.75 Å². The van der Waals surface area contributed by atoms with Crippen molar-refractivity contribution in [2.75, 3.05) is 7.11 Å². The lowest BCUT2D eigenvalue weighted by molar-refractivity contribution is 0.356. The van der Waals surface area contributed by atoms with Crippen LogP contribution in [0.4, 0.5) is 0 Å². The fourth-order valence-electron chi connectivity index (χ4n) is 2.91. The molecular weight excluding hydrogens is 224 g/mol. The molecule has 0 spiro atoms. The van der Waals surface area contributed by atoms with E-state index in [-0.39, 0.29) is 5.54 Å². The van der Waals surface area contributed by atoms with Gasteiger partial charge in [0.25, 0.3) is 0 Å². The fraction of sp³-hybridized carbons (Fsp3) is 0.467. The summed E-state index contributed by atoms with van der Waals surface area (Å²) in [4.78, 5) is 0. The van der Waals surface area contributed by atoms with Gasteiger partial charge in [0.1, 0.15) is 5.75 Å². The Morgan fingerprint density at radius 3 is 2.83 bits per heavy atom. The average molecular weight is 244 g/mol. The van der Waals surface area contributed by atoms with Crippen LogP contribution in [0, 0.1) is 0 Å². The maximum atomic E-state index is 5.32. The van der Waals surface area contributed by atoms with Crippen molar-refractivity contribution in [3.63, 3.8) is 0 Å². The van der Waals surface area contributed by atoms with Crippen molar-refractivity contribution in [2.24, 2.45) is 7.05 Å². The summed E-state index contributed by atoms with van der Waals surface area (Å²) in [6, 6.07) is 6.34. The van der Waals surface area contributed by atoms with E-state index in [1.807, 2.05) is 6.07 Å². The predicted octanol–water partition coefficient (Wildman–Crippen LogP) is 2.61. The lowest BCUT2D eigenvalue weighted by atomic mass is 9.91. The minimum atomic E-state index is 0.180. The summed E-state index contributed by atoms with van der Waals surface area (Å²) in [6.07, 6.45) is 1.07. The van der Waals surface area contributed by atoms with E-state index < -0.39 is 0 Å². The molecule has 0 saturated heterocycles. The number of nitrogens with one attached hydrogen (secondary N) is 1. The van der Waals surface area contributed by atoms with Gasteiger partial charge in [-0.2, -0.15) is 0 Å². The van der Waals surface area contributed by atoms with Crippen molar-refractivity contribution in [2.45, 2.75) is 32.4 Å². The molecule has 1 aromatic heterocycles. The number of hydrogen-bond donors (Lipinski definition) is 1. The zero-order valence-corrected chi connectivity index (χ0v) is 11.5. The molecule has 0 atom stereocenters. The molecule has 0 amide bonds. The van der Waals surface area contributed by atoms with Gasteiger partial charge in [-0.3, -0.25) is 0 Å². The molecule has 2 heterocycles. The third-order valence-corrected chi connectivity index (χ3v) is 4.00. The molecule has 1 aromatic carbocycles. The standard InChI is InChI=1S/C15H20N2O/c1-15(2)8-14-12(9-16-15)11-6-5-10(18-4)7-13(11)17(14)3/h5-7,16H,8-9H2,1-4H3. The Bertz CT molecular complexity index is 610. The van der Waals surface area contributed by atoms with E-state index in [1.54, 1.807) is 7.11 Å². The number of benzene rings is 1. The van der Waals surface area contributed by atoms with Crippen LogP contribution in [0.5, 0.6) is 5.75 Å². The molecule has 96 valence electrons. The Hall–Kier alpha value is -1.48. The van der Waals surface area contributed by atoms with Gasteiger partial charge in [0.2, 0.25) is 0 Å². The van der Waals surface area contributed by atoms with Crippen molar-refractivity contribution < 1.29 is 4.74 Å². The fourth-order valence-corrected chi connectivity index (χ4v) is 2.91. The molecule has 0 radical (unpaired) electrons. The number of hydrogen-bond acceptors (Lipinski definition) is 2. The van der Waals surface area contributed by atoms with Gasteiger partial charge in [-0.25, -0.2) is 0 Å². The van der Waals surface area contributed by atoms with E-state index in [2.05, 4.69) is 42.9 Å². The molecule has 1 aliphatic heterocycles. The van der Waals surface area contributed by atoms with Crippen LogP contribution in [-0.4, -0.2) is 17.2 Å². The summed E-state index contributed by atoms with van der Waals surface area (Å²) in [5.41, 5.74) is 4.33. The lowest BCUT2D eigenvalue weighted by Gasteiger charge is -2.32. The van der Waals surface area contributed by atoms with Crippen molar-refractivity contribution in [1.82, 2.24) is 9.88 Å². The van der Waals surface area contributed by atoms with Crippen LogP contribution >= 0.6 is 0 Å². The summed E-state index contributed by atoms with van der Waals surface area (Å²) in [7, 11) is 3.87. The smallest absolute Gasteiger partial charge is 0.120 e. The zero-order valence-electron chi connectivity index (χ0n) is 11.5. The van der Waals surface area contributed by atoms with E-state index in [0.717, 1.165) is 18.7 Å². The highest BCUT2D eigenvalue weighted by atomic mass is 16.5. The molecule has 2 aromatic rings. The van der Waals surface area contributed by atoms with Crippen LogP contribution in [0.25, 0.3) is 10.9 Å². The van der Waals surface area contributed by atoms with Gasteiger partial charge < -0.3 is 14.6 Å². The molecule has 18 heavy (non-hydrogen) atoms. The molecule has 3 rings (SSSR count). The molecule has 0 unspecified atom stereocenters. The van der Waals surface area contributed by atoms with Gasteiger partial charge in [0.05, 0.1) is 12.6 Å². The molecular formula is C15H20N2O. The van der Waals surface area contributed by atoms with E-state index in [0.29, 0.717) is 0 Å². The minimum Gasteiger partial charge on any atom is -0.497 e. The van der Waals surface area contributed by atoms with Gasteiger partial charge in [0.15, 0.2) is 0 Å². The number of methoxy groups -OCH3 is 1. The van der Waals surface area contributed by atoms with Gasteiger partial charge in [-0.1, -0.05) is 0 Å². The monoisotopic (exact) mass is 244 g/mol. The normalized spacial score (nSPS) is 17.8. The van der Waals surface area contributed by atoms with Crippen molar-refractivity contribution in [1.29, 1.82) is 0 Å². The second kappa shape index (κ2) is 3.75. The van der Waals surface area contributed by atoms with Crippen LogP contribution in [0.1, 0.15) is 25.1 Å². The number of rotatable bonds is 1. The number of aromatic nitrogens is 1. The molecule has 1 N–H and O–H groups in total. The summed E-state index contributed by atoms with van der Waals surface area (Å²) >= 11 is 0. The van der Waals surface area contributed by atoms with Crippen LogP contribution in [0.3, 0.4) is 0 Å². The SMILES string of the molecule is COc1ccc2c3c(n(C)c2c1)CC(C)(C)NC3. The second-order valence-corrected chi connectivity index (χ2v) is 5.78. The Balaban J connectivity index is 2.23. The van der Waals surface area contributed by atoms with Gasteiger partial charge in [-0.15, -0.1) is 0 Å². The van der Waals surface area contributed by atoms with Crippen LogP contribution in [-0.2, 0) is 20.0 Å². The number of nitrogens with zero attached hydrogens (tertiary/aromatic N) is 1. The predicted molar refractivity (Wildman–Crippen MR) is 74.1 cm³/mol. The van der Waals surface area contributed by atoms with E-state index in [1.165, 1.54) is 22.2 Å². The lowest BCUT2D eigenvalue weighted by Crippen LogP contribution is -2.44. The zero-order chi connectivity index (χ0) is 12.9. The van der Waals surface area contributed by atoms with Gasteiger partial charge in [-0.05, 0) is 31.5 Å². The first kappa shape index (κ1) is 11.6. The van der Waals surface area contributed by atoms with E-state index in [4.69, 9.17) is 4.74 Å². The highest BCUT2D eigenvalue weighted by Gasteiger charge is 2.28. The largest absolute Gasteiger partial charge is 0.497 e. The quantitative estimate of drug-likeness (QED) is 0.834. The number of fused-ring (bicyclic) bond motifs is 3. The summed E-state index contributed by atoms with van der Waals surface area (Å²) in [5.74, 6) is 0.924. The topological polar surface area (TPSA) is 26.2 Å². The second-order valence-electron chi connectivity index (χ2n) is 5.78. The molecule has 0 fully saturated rings. The summed E-state index contributed by atoms with van der Waals surface area (Å²) < 4.78 is 7.64. The third kappa shape index (κ3) is 1.62. The Kier molecular flexibility index (Phi) is 2.42. The van der Waals surface area contributed by atoms with Crippen molar-refractivity contribution >= 4 is 10.9 Å². The molecule has 3 heteroatoms. The third-order valence-electron chi connectivity index (χ3n) is 4.00. The van der Waals surface area contributed by atoms with Crippen molar-refractivity contribution in [3.05, 3.63) is 29.5 Å². The molecule has 0 saturated carbocycles. The maximum Gasteiger partial charge on any atom is 0.120 e. The Labute approximate surface area is 108 Å². The van der Waals surface area contributed by atoms with Crippen LogP contribution in [0.15, 0.2) is 18.2 Å². The van der Waals surface area contributed by atoms with Gasteiger partial charge in [0, 0.05) is 42.7 Å². The number of ether oxygens (including phenoxy) is 1. The van der Waals surface area contributed by atoms with E-state index >= 15 is 0 Å². The summed E-state index contributed by atoms with van der Waals surface area (Å²) in [6.45, 7) is 5.47. The van der Waals surface area contributed by atoms with Crippen LogP contribution < -0.4 is 10.1 Å². The first-order chi connectivity index (χ1) is 8.52. The minimum absolute atomic E-state index is 0.180. The Morgan fingerprint density at radius 2 is 2.11 bits per heavy atom. The average Bonchev–Trinajstić information content (AvgIpc) is 2.61.